The zero-order chi connectivity index (χ0) is 16.0. The summed E-state index contributed by atoms with van der Waals surface area (Å²) in [5, 5.41) is 0. The van der Waals surface area contributed by atoms with Gasteiger partial charge in [0.05, 0.1) is 13.5 Å². The summed E-state index contributed by atoms with van der Waals surface area (Å²) < 4.78 is 31.6. The molecule has 0 amide bonds. The molecule has 0 spiro atoms. The van der Waals surface area contributed by atoms with E-state index in [0.717, 1.165) is 15.4 Å². The lowest BCUT2D eigenvalue weighted by Crippen LogP contribution is -2.40. The average molecular weight is 314 g/mol. The lowest BCUT2D eigenvalue weighted by atomic mass is 10.1. The topological polar surface area (TPSA) is 66.9 Å². The van der Waals surface area contributed by atoms with Crippen molar-refractivity contribution in [3.63, 3.8) is 0 Å². The summed E-state index contributed by atoms with van der Waals surface area (Å²) in [7, 11) is 0.655. The quantitative estimate of drug-likeness (QED) is 0.709. The number of hydrogen-bond acceptors (Lipinski definition) is 4. The number of carbonyl (C=O) groups is 1. The first-order chi connectivity index (χ1) is 9.78. The van der Waals surface area contributed by atoms with Crippen molar-refractivity contribution in [3.8, 4) is 0 Å². The van der Waals surface area contributed by atoms with Crippen LogP contribution in [0.4, 0.5) is 0 Å². The summed E-state index contributed by atoms with van der Waals surface area (Å²) in [5.74, 6) is -0.432. The number of esters is 1. The van der Waals surface area contributed by atoms with E-state index in [0.29, 0.717) is 0 Å². The summed E-state index contributed by atoms with van der Waals surface area (Å²) in [5.41, 5.74) is 1.99. The van der Waals surface area contributed by atoms with Gasteiger partial charge in [-0.2, -0.15) is 17.0 Å². The molecule has 0 aliphatic heterocycles. The Labute approximate surface area is 126 Å². The number of ether oxygens (including phenoxy) is 1. The van der Waals surface area contributed by atoms with Crippen molar-refractivity contribution in [1.82, 2.24) is 8.61 Å². The van der Waals surface area contributed by atoms with Gasteiger partial charge < -0.3 is 4.74 Å². The summed E-state index contributed by atoms with van der Waals surface area (Å²) in [6.45, 7) is 2.32. The SMILES string of the molecule is COC(=O)CCN(C)S(=O)(=O)N(C)Cc1ccccc1C. The Morgan fingerprint density at radius 3 is 2.38 bits per heavy atom. The van der Waals surface area contributed by atoms with E-state index in [1.807, 2.05) is 31.2 Å². The molecule has 6 nitrogen and oxygen atoms in total. The molecule has 118 valence electrons. The van der Waals surface area contributed by atoms with E-state index >= 15 is 0 Å². The maximum atomic E-state index is 12.3. The van der Waals surface area contributed by atoms with Crippen LogP contribution < -0.4 is 0 Å². The lowest BCUT2D eigenvalue weighted by Gasteiger charge is -2.24. The molecule has 0 saturated heterocycles. The average Bonchev–Trinajstić information content (AvgIpc) is 2.46. The van der Waals surface area contributed by atoms with Gasteiger partial charge in [0, 0.05) is 27.2 Å². The maximum absolute atomic E-state index is 12.3. The van der Waals surface area contributed by atoms with Crippen LogP contribution in [-0.2, 0) is 26.3 Å². The Kier molecular flexibility index (Phi) is 6.32. The second kappa shape index (κ2) is 7.53. The van der Waals surface area contributed by atoms with Gasteiger partial charge in [0.1, 0.15) is 0 Å². The molecule has 7 heteroatoms. The minimum atomic E-state index is -3.60. The van der Waals surface area contributed by atoms with Crippen molar-refractivity contribution in [3.05, 3.63) is 35.4 Å². The van der Waals surface area contributed by atoms with Gasteiger partial charge in [-0.05, 0) is 18.1 Å². The van der Waals surface area contributed by atoms with Crippen LogP contribution in [0.2, 0.25) is 0 Å². The van der Waals surface area contributed by atoms with Crippen LogP contribution in [0, 0.1) is 6.92 Å². The molecular weight excluding hydrogens is 292 g/mol. The fraction of sp³-hybridized carbons (Fsp3) is 0.500. The van der Waals surface area contributed by atoms with E-state index in [1.165, 1.54) is 25.5 Å². The second-order valence-electron chi connectivity index (χ2n) is 4.84. The van der Waals surface area contributed by atoms with Crippen LogP contribution >= 0.6 is 0 Å². The molecule has 0 saturated carbocycles. The van der Waals surface area contributed by atoms with Gasteiger partial charge in [0.15, 0.2) is 0 Å². The van der Waals surface area contributed by atoms with Gasteiger partial charge in [0.2, 0.25) is 0 Å². The molecular formula is C14H22N2O4S. The molecule has 21 heavy (non-hydrogen) atoms. The fourth-order valence-corrected chi connectivity index (χ4v) is 2.91. The molecule has 0 atom stereocenters. The standard InChI is InChI=1S/C14H22N2O4S/c1-12-7-5-6-8-13(12)11-16(3)21(18,19)15(2)10-9-14(17)20-4/h5-8H,9-11H2,1-4H3. The monoisotopic (exact) mass is 314 g/mol. The van der Waals surface area contributed by atoms with Crippen LogP contribution in [-0.4, -0.2) is 50.7 Å². The van der Waals surface area contributed by atoms with Crippen molar-refractivity contribution in [1.29, 1.82) is 0 Å². The molecule has 1 aromatic rings. The molecule has 0 radical (unpaired) electrons. The molecule has 1 aromatic carbocycles. The van der Waals surface area contributed by atoms with Crippen LogP contribution in [0.3, 0.4) is 0 Å². The third-order valence-corrected chi connectivity index (χ3v) is 5.19. The Morgan fingerprint density at radius 1 is 1.19 bits per heavy atom. The number of hydrogen-bond donors (Lipinski definition) is 0. The summed E-state index contributed by atoms with van der Waals surface area (Å²) >= 11 is 0. The van der Waals surface area contributed by atoms with E-state index in [9.17, 15) is 13.2 Å². The molecule has 1 rings (SSSR count). The predicted molar refractivity (Wildman–Crippen MR) is 80.8 cm³/mol. The second-order valence-corrected chi connectivity index (χ2v) is 6.98. The number of methoxy groups -OCH3 is 1. The van der Waals surface area contributed by atoms with Gasteiger partial charge in [-0.15, -0.1) is 0 Å². The number of aryl methyl sites for hydroxylation is 1. The van der Waals surface area contributed by atoms with Crippen LogP contribution in [0.5, 0.6) is 0 Å². The highest BCUT2D eigenvalue weighted by molar-refractivity contribution is 7.86. The molecule has 0 aliphatic carbocycles. The normalized spacial score (nSPS) is 11.9. The molecule has 0 aromatic heterocycles. The number of nitrogens with zero attached hydrogens (tertiary/aromatic N) is 2. The van der Waals surface area contributed by atoms with Gasteiger partial charge in [0.25, 0.3) is 10.2 Å². The zero-order valence-corrected chi connectivity index (χ0v) is 13.7. The van der Waals surface area contributed by atoms with Crippen molar-refractivity contribution in [2.24, 2.45) is 0 Å². The van der Waals surface area contributed by atoms with Crippen LogP contribution in [0.1, 0.15) is 17.5 Å². The Bertz CT molecular complexity index is 586. The van der Waals surface area contributed by atoms with Crippen molar-refractivity contribution in [2.75, 3.05) is 27.7 Å². The van der Waals surface area contributed by atoms with Crippen molar-refractivity contribution >= 4 is 16.2 Å². The summed E-state index contributed by atoms with van der Waals surface area (Å²) in [4.78, 5) is 11.1. The first-order valence-corrected chi connectivity index (χ1v) is 7.97. The Morgan fingerprint density at radius 2 is 1.81 bits per heavy atom. The molecule has 0 N–H and O–H groups in total. The maximum Gasteiger partial charge on any atom is 0.306 e. The predicted octanol–water partition coefficient (Wildman–Crippen LogP) is 1.17. The van der Waals surface area contributed by atoms with Gasteiger partial charge in [-0.3, -0.25) is 4.79 Å². The van der Waals surface area contributed by atoms with Crippen LogP contribution in [0.15, 0.2) is 24.3 Å². The van der Waals surface area contributed by atoms with Crippen molar-refractivity contribution < 1.29 is 17.9 Å². The summed E-state index contributed by atoms with van der Waals surface area (Å²) in [6.07, 6.45) is 0.0322. The largest absolute Gasteiger partial charge is 0.469 e. The first-order valence-electron chi connectivity index (χ1n) is 6.58. The molecule has 0 heterocycles. The van der Waals surface area contributed by atoms with Crippen molar-refractivity contribution in [2.45, 2.75) is 19.9 Å². The highest BCUT2D eigenvalue weighted by Gasteiger charge is 2.24. The highest BCUT2D eigenvalue weighted by Crippen LogP contribution is 2.13. The molecule has 0 unspecified atom stereocenters. The first kappa shape index (κ1) is 17.6. The fourth-order valence-electron chi connectivity index (χ4n) is 1.81. The van der Waals surface area contributed by atoms with Gasteiger partial charge >= 0.3 is 5.97 Å². The van der Waals surface area contributed by atoms with E-state index in [-0.39, 0.29) is 19.5 Å². The summed E-state index contributed by atoms with van der Waals surface area (Å²) in [6, 6.07) is 7.63. The zero-order valence-electron chi connectivity index (χ0n) is 12.9. The highest BCUT2D eigenvalue weighted by atomic mass is 32.2. The minimum absolute atomic E-state index is 0.0322. The molecule has 0 aliphatic rings. The van der Waals surface area contributed by atoms with Crippen LogP contribution in [0.25, 0.3) is 0 Å². The van der Waals surface area contributed by atoms with Gasteiger partial charge in [-0.25, -0.2) is 0 Å². The smallest absolute Gasteiger partial charge is 0.306 e. The Hall–Kier alpha value is -1.44. The number of carbonyl (C=O) groups excluding carboxylic acids is 1. The lowest BCUT2D eigenvalue weighted by molar-refractivity contribution is -0.140. The van der Waals surface area contributed by atoms with E-state index in [1.54, 1.807) is 0 Å². The number of benzene rings is 1. The van der Waals surface area contributed by atoms with E-state index < -0.39 is 16.2 Å². The minimum Gasteiger partial charge on any atom is -0.469 e. The third kappa shape index (κ3) is 4.80. The van der Waals surface area contributed by atoms with E-state index in [4.69, 9.17) is 0 Å². The Balaban J connectivity index is 2.73. The van der Waals surface area contributed by atoms with Gasteiger partial charge in [-0.1, -0.05) is 24.3 Å². The third-order valence-electron chi connectivity index (χ3n) is 3.30. The molecule has 0 fully saturated rings. The number of rotatable bonds is 7. The molecule has 0 bridgehead atoms. The van der Waals surface area contributed by atoms with E-state index in [2.05, 4.69) is 4.74 Å².